The molecule has 0 aromatic heterocycles. The molecule has 3 aromatic rings. The highest BCUT2D eigenvalue weighted by molar-refractivity contribution is 7.89. The molecule has 1 aliphatic heterocycles. The van der Waals surface area contributed by atoms with Gasteiger partial charge in [0.25, 0.3) is 10.0 Å². The lowest BCUT2D eigenvalue weighted by atomic mass is 10.1. The van der Waals surface area contributed by atoms with Gasteiger partial charge < -0.3 is 5.11 Å². The molecule has 0 amide bonds. The average Bonchev–Trinajstić information content (AvgIpc) is 3.14. The van der Waals surface area contributed by atoms with Crippen LogP contribution in [0.5, 0.6) is 0 Å². The topological polar surface area (TPSA) is 75.6 Å². The molecule has 3 aromatic carbocycles. The molecule has 2 unspecified atom stereocenters. The number of rotatable bonds is 7. The number of hydroxylamine groups is 2. The van der Waals surface area contributed by atoms with Crippen LogP contribution in [0.1, 0.15) is 11.7 Å². The molecule has 2 atom stereocenters. The van der Waals surface area contributed by atoms with Gasteiger partial charge in [-0.2, -0.15) is 4.84 Å². The zero-order valence-electron chi connectivity index (χ0n) is 16.6. The minimum Gasteiger partial charge on any atom is -0.390 e. The number of nitrogens with zero attached hydrogens (tertiary/aromatic N) is 1. The lowest BCUT2D eigenvalue weighted by Gasteiger charge is -2.28. The van der Waals surface area contributed by atoms with Gasteiger partial charge in [0.2, 0.25) is 0 Å². The molecule has 0 fully saturated rings. The minimum absolute atomic E-state index is 0.154. The van der Waals surface area contributed by atoms with Crippen molar-refractivity contribution in [2.45, 2.75) is 11.0 Å². The molecule has 0 aliphatic carbocycles. The van der Waals surface area contributed by atoms with Crippen LogP contribution in [0, 0.1) is 0 Å². The molecule has 4 rings (SSSR count). The maximum atomic E-state index is 13.0. The molecule has 0 saturated heterocycles. The quantitative estimate of drug-likeness (QED) is 0.523. The lowest BCUT2D eigenvalue weighted by Crippen LogP contribution is -2.43. The van der Waals surface area contributed by atoms with Crippen LogP contribution >= 0.6 is 11.6 Å². The first-order valence-electron chi connectivity index (χ1n) is 9.72. The second-order valence-corrected chi connectivity index (χ2v) is 9.24. The Hall–Kier alpha value is -2.68. The van der Waals surface area contributed by atoms with E-state index < -0.39 is 16.1 Å². The van der Waals surface area contributed by atoms with E-state index in [4.69, 9.17) is 16.4 Å². The van der Waals surface area contributed by atoms with Crippen molar-refractivity contribution in [2.24, 2.45) is 0 Å². The van der Waals surface area contributed by atoms with Gasteiger partial charge in [0.1, 0.15) is 12.2 Å². The monoisotopic (exact) mass is 457 g/mol. The fraction of sp³-hybridized carbons (Fsp3) is 0.130. The van der Waals surface area contributed by atoms with Gasteiger partial charge in [0.05, 0.1) is 11.5 Å². The molecular formula is C23H22ClN2O4S+. The van der Waals surface area contributed by atoms with E-state index in [-0.39, 0.29) is 22.7 Å². The molecular weight excluding hydrogens is 436 g/mol. The summed E-state index contributed by atoms with van der Waals surface area (Å²) in [4.78, 5) is 6.56. The summed E-state index contributed by atoms with van der Waals surface area (Å²) in [6.07, 6.45) is 1.01. The number of benzene rings is 3. The Morgan fingerprint density at radius 2 is 1.55 bits per heavy atom. The van der Waals surface area contributed by atoms with Crippen LogP contribution < -0.4 is 9.37 Å². The second kappa shape index (κ2) is 8.82. The Balaban J connectivity index is 1.80. The maximum Gasteiger partial charge on any atom is 0.261 e. The summed E-state index contributed by atoms with van der Waals surface area (Å²) in [5, 5.41) is 10.3. The molecule has 1 aliphatic rings. The van der Waals surface area contributed by atoms with E-state index in [0.717, 1.165) is 5.56 Å². The number of halogens is 1. The van der Waals surface area contributed by atoms with Gasteiger partial charge in [-0.3, -0.25) is 4.72 Å². The standard InChI is InChI=1S/C23H22ClN2O4S/c24-19-11-13-20(14-12-19)26(15-16-27)17-22(23(30-26)18-7-3-1-4-8-18)25-31(28,29)21-9-5-2-6-10-21/h1-14,17,23,25,27H,15-16H2/q+1. The number of nitrogens with one attached hydrogen (secondary N) is 1. The molecule has 160 valence electrons. The highest BCUT2D eigenvalue weighted by Crippen LogP contribution is 2.41. The zero-order valence-corrected chi connectivity index (χ0v) is 18.1. The van der Waals surface area contributed by atoms with Crippen molar-refractivity contribution in [3.63, 3.8) is 0 Å². The molecule has 2 N–H and O–H groups in total. The minimum atomic E-state index is -3.83. The lowest BCUT2D eigenvalue weighted by molar-refractivity contribution is -0.129. The van der Waals surface area contributed by atoms with Crippen molar-refractivity contribution in [3.05, 3.63) is 107 Å². The highest BCUT2D eigenvalue weighted by Gasteiger charge is 2.45. The summed E-state index contributed by atoms with van der Waals surface area (Å²) in [5.74, 6) is 0. The van der Waals surface area contributed by atoms with Gasteiger partial charge in [-0.1, -0.05) is 60.1 Å². The molecule has 0 radical (unpaired) electrons. The van der Waals surface area contributed by atoms with E-state index in [1.165, 1.54) is 12.1 Å². The van der Waals surface area contributed by atoms with Gasteiger partial charge >= 0.3 is 0 Å². The zero-order chi connectivity index (χ0) is 21.9. The van der Waals surface area contributed by atoms with Gasteiger partial charge in [0.15, 0.2) is 18.0 Å². The first-order valence-corrected chi connectivity index (χ1v) is 11.6. The maximum absolute atomic E-state index is 13.0. The third-order valence-electron chi connectivity index (χ3n) is 5.03. The summed E-state index contributed by atoms with van der Waals surface area (Å²) < 4.78 is 28.6. The van der Waals surface area contributed by atoms with Crippen molar-refractivity contribution in [1.82, 2.24) is 9.37 Å². The van der Waals surface area contributed by atoms with Crippen LogP contribution in [0.25, 0.3) is 0 Å². The Kier molecular flexibility index (Phi) is 6.13. The Morgan fingerprint density at radius 1 is 0.935 bits per heavy atom. The third-order valence-corrected chi connectivity index (χ3v) is 6.68. The van der Waals surface area contributed by atoms with Crippen LogP contribution in [-0.2, 0) is 14.9 Å². The molecule has 0 bridgehead atoms. The predicted octanol–water partition coefficient (Wildman–Crippen LogP) is 4.15. The van der Waals surface area contributed by atoms with Crippen molar-refractivity contribution in [1.29, 1.82) is 0 Å². The van der Waals surface area contributed by atoms with Crippen LogP contribution in [0.15, 0.2) is 102 Å². The summed E-state index contributed by atoms with van der Waals surface area (Å²) in [5.41, 5.74) is 1.88. The summed E-state index contributed by atoms with van der Waals surface area (Å²) in [6, 6.07) is 24.6. The van der Waals surface area contributed by atoms with E-state index in [9.17, 15) is 13.5 Å². The second-order valence-electron chi connectivity index (χ2n) is 7.12. The van der Waals surface area contributed by atoms with E-state index in [1.54, 1.807) is 48.7 Å². The van der Waals surface area contributed by atoms with Crippen molar-refractivity contribution in [3.8, 4) is 0 Å². The van der Waals surface area contributed by atoms with Crippen LogP contribution in [0.4, 0.5) is 5.69 Å². The average molecular weight is 458 g/mol. The molecule has 6 nitrogen and oxygen atoms in total. The molecule has 1 heterocycles. The highest BCUT2D eigenvalue weighted by atomic mass is 35.5. The van der Waals surface area contributed by atoms with Gasteiger partial charge in [0, 0.05) is 17.2 Å². The Morgan fingerprint density at radius 3 is 2.16 bits per heavy atom. The first kappa shape index (κ1) is 21.5. The van der Waals surface area contributed by atoms with Crippen LogP contribution in [0.3, 0.4) is 0 Å². The fourth-order valence-corrected chi connectivity index (χ4v) is 4.78. The van der Waals surface area contributed by atoms with Gasteiger partial charge in [-0.15, -0.1) is 4.65 Å². The third kappa shape index (κ3) is 4.51. The van der Waals surface area contributed by atoms with Crippen molar-refractivity contribution >= 4 is 27.3 Å². The SMILES string of the molecule is O=S(=O)(NC1=C[N+](CCO)(c2ccc(Cl)cc2)OC1c1ccccc1)c1ccccc1. The fourth-order valence-electron chi connectivity index (χ4n) is 3.55. The summed E-state index contributed by atoms with van der Waals surface area (Å²) >= 11 is 6.04. The summed E-state index contributed by atoms with van der Waals surface area (Å²) in [6.45, 7) is 0.0287. The number of aliphatic hydroxyl groups excluding tert-OH is 1. The number of quaternary nitrogens is 1. The van der Waals surface area contributed by atoms with E-state index >= 15 is 0 Å². The van der Waals surface area contributed by atoms with Gasteiger partial charge in [-0.25, -0.2) is 8.42 Å². The Labute approximate surface area is 186 Å². The number of sulfonamides is 1. The largest absolute Gasteiger partial charge is 0.390 e. The Bertz CT molecular complexity index is 1170. The van der Waals surface area contributed by atoms with Crippen LogP contribution in [-0.4, -0.2) is 26.7 Å². The normalized spacial score (nSPS) is 21.0. The smallest absolute Gasteiger partial charge is 0.261 e. The van der Waals surface area contributed by atoms with Crippen molar-refractivity contribution < 1.29 is 18.4 Å². The molecule has 0 saturated carbocycles. The number of hydrogen-bond donors (Lipinski definition) is 2. The first-order chi connectivity index (χ1) is 14.9. The van der Waals surface area contributed by atoms with E-state index in [0.29, 0.717) is 16.4 Å². The molecule has 0 spiro atoms. The summed E-state index contributed by atoms with van der Waals surface area (Å²) in [7, 11) is -3.83. The number of aliphatic hydroxyl groups is 1. The molecule has 31 heavy (non-hydrogen) atoms. The number of hydrogen-bond acceptors (Lipinski definition) is 4. The van der Waals surface area contributed by atoms with E-state index in [1.807, 2.05) is 30.3 Å². The molecule has 8 heteroatoms. The van der Waals surface area contributed by atoms with Crippen LogP contribution in [0.2, 0.25) is 5.02 Å². The predicted molar refractivity (Wildman–Crippen MR) is 120 cm³/mol. The van der Waals surface area contributed by atoms with E-state index in [2.05, 4.69) is 4.72 Å². The van der Waals surface area contributed by atoms with Crippen molar-refractivity contribution in [2.75, 3.05) is 13.2 Å². The van der Waals surface area contributed by atoms with Gasteiger partial charge in [-0.05, 0) is 29.8 Å².